The van der Waals surface area contributed by atoms with Gasteiger partial charge in [-0.05, 0) is 18.2 Å². The maximum absolute atomic E-state index is 12.8. The maximum atomic E-state index is 12.8. The fraction of sp³-hybridized carbons (Fsp3) is 0.304. The molecule has 1 N–H and O–H groups in total. The number of sulfonamides is 1. The summed E-state index contributed by atoms with van der Waals surface area (Å²) >= 11 is 0. The highest BCUT2D eigenvalue weighted by Crippen LogP contribution is 2.37. The van der Waals surface area contributed by atoms with Crippen molar-refractivity contribution in [2.45, 2.75) is 12.8 Å². The van der Waals surface area contributed by atoms with E-state index in [1.807, 2.05) is 0 Å². The lowest BCUT2D eigenvalue weighted by Crippen LogP contribution is -2.13. The Morgan fingerprint density at radius 3 is 2.03 bits per heavy atom. The summed E-state index contributed by atoms with van der Waals surface area (Å²) in [4.78, 5) is 23.3. The van der Waals surface area contributed by atoms with Crippen LogP contribution in [0.1, 0.15) is 18.4 Å². The van der Waals surface area contributed by atoms with Gasteiger partial charge in [0.05, 0.1) is 65.0 Å². The highest BCUT2D eigenvalue weighted by molar-refractivity contribution is 7.95. The molecule has 0 saturated heterocycles. The first kappa shape index (κ1) is 27.3. The van der Waals surface area contributed by atoms with Crippen molar-refractivity contribution < 1.29 is 46.4 Å². The monoisotopic (exact) mass is 509 g/mol. The van der Waals surface area contributed by atoms with E-state index in [1.54, 1.807) is 12.1 Å². The Bertz CT molecular complexity index is 1170. The second kappa shape index (κ2) is 12.5. The van der Waals surface area contributed by atoms with E-state index in [2.05, 4.69) is 9.46 Å². The van der Waals surface area contributed by atoms with Crippen molar-refractivity contribution in [2.75, 3.05) is 40.3 Å². The molecule has 0 bridgehead atoms. The number of methoxy groups -OCH3 is 5. The van der Waals surface area contributed by atoms with Crippen molar-refractivity contribution >= 4 is 33.7 Å². The average Bonchev–Trinajstić information content (AvgIpc) is 2.85. The highest BCUT2D eigenvalue weighted by atomic mass is 32.2. The molecule has 0 aliphatic rings. The number of hydrogen-bond donors (Lipinski definition) is 1. The molecule has 2 aromatic rings. The average molecular weight is 510 g/mol. The molecular formula is C23H27NO10S. The first-order chi connectivity index (χ1) is 16.7. The Morgan fingerprint density at radius 1 is 0.857 bits per heavy atom. The van der Waals surface area contributed by atoms with Gasteiger partial charge in [-0.25, -0.2) is 8.42 Å². The Kier molecular flexibility index (Phi) is 9.76. The summed E-state index contributed by atoms with van der Waals surface area (Å²) in [6.45, 7) is 0. The van der Waals surface area contributed by atoms with Crippen LogP contribution >= 0.6 is 0 Å². The SMILES string of the molecule is COC(=O)CCC(=O)Oc1cccc(NS(=O)(=O)C=Cc2c(OC)cc(OC)cc2OC)c1OC. The molecule has 0 fully saturated rings. The first-order valence-electron chi connectivity index (χ1n) is 10.1. The summed E-state index contributed by atoms with van der Waals surface area (Å²) in [5, 5.41) is 0.925. The van der Waals surface area contributed by atoms with E-state index >= 15 is 0 Å². The number of carbonyl (C=O) groups is 2. The lowest BCUT2D eigenvalue weighted by atomic mass is 10.1. The minimum atomic E-state index is -4.06. The summed E-state index contributed by atoms with van der Waals surface area (Å²) in [5.74, 6) is -0.170. The van der Waals surface area contributed by atoms with E-state index in [9.17, 15) is 18.0 Å². The van der Waals surface area contributed by atoms with Crippen LogP contribution in [-0.2, 0) is 24.3 Å². The van der Waals surface area contributed by atoms with Crippen LogP contribution in [0, 0.1) is 0 Å². The van der Waals surface area contributed by atoms with Gasteiger partial charge in [-0.2, -0.15) is 0 Å². The molecule has 190 valence electrons. The van der Waals surface area contributed by atoms with Gasteiger partial charge in [-0.1, -0.05) is 6.07 Å². The van der Waals surface area contributed by atoms with Gasteiger partial charge in [-0.15, -0.1) is 0 Å². The number of ether oxygens (including phenoxy) is 6. The summed E-state index contributed by atoms with van der Waals surface area (Å²) in [6, 6.07) is 7.51. The van der Waals surface area contributed by atoms with Crippen LogP contribution in [0.25, 0.3) is 6.08 Å². The predicted molar refractivity (Wildman–Crippen MR) is 128 cm³/mol. The van der Waals surface area contributed by atoms with E-state index in [1.165, 1.54) is 59.8 Å². The van der Waals surface area contributed by atoms with Gasteiger partial charge in [0.25, 0.3) is 10.0 Å². The van der Waals surface area contributed by atoms with Gasteiger partial charge >= 0.3 is 11.9 Å². The molecule has 2 rings (SSSR count). The molecular weight excluding hydrogens is 482 g/mol. The molecule has 0 amide bonds. The lowest BCUT2D eigenvalue weighted by molar-refractivity contribution is -0.144. The quantitative estimate of drug-likeness (QED) is 0.336. The standard InChI is InChI=1S/C23H27NO10S/c1-29-15-13-19(30-2)16(20(14-15)31-3)11-12-35(27,28)24-17-7-6-8-18(23(17)33-5)34-22(26)10-9-21(25)32-4/h6-8,11-14,24H,9-10H2,1-5H3. The number of nitrogens with one attached hydrogen (secondary N) is 1. The van der Waals surface area contributed by atoms with Crippen molar-refractivity contribution in [2.24, 2.45) is 0 Å². The van der Waals surface area contributed by atoms with E-state index in [4.69, 9.17) is 23.7 Å². The van der Waals surface area contributed by atoms with Crippen molar-refractivity contribution in [1.29, 1.82) is 0 Å². The Hall–Kier alpha value is -3.93. The smallest absolute Gasteiger partial charge is 0.311 e. The minimum Gasteiger partial charge on any atom is -0.496 e. The molecule has 0 atom stereocenters. The van der Waals surface area contributed by atoms with Crippen LogP contribution in [0.3, 0.4) is 0 Å². The lowest BCUT2D eigenvalue weighted by Gasteiger charge is -2.14. The predicted octanol–water partition coefficient (Wildman–Crippen LogP) is 2.99. The van der Waals surface area contributed by atoms with Gasteiger partial charge < -0.3 is 28.4 Å². The third-order valence-electron chi connectivity index (χ3n) is 4.59. The fourth-order valence-electron chi connectivity index (χ4n) is 2.91. The number of benzene rings is 2. The zero-order chi connectivity index (χ0) is 26.0. The highest BCUT2D eigenvalue weighted by Gasteiger charge is 2.19. The van der Waals surface area contributed by atoms with Gasteiger partial charge in [-0.3, -0.25) is 14.3 Å². The van der Waals surface area contributed by atoms with Crippen LogP contribution in [0.2, 0.25) is 0 Å². The zero-order valence-corrected chi connectivity index (χ0v) is 20.8. The summed E-state index contributed by atoms with van der Waals surface area (Å²) in [7, 11) is 2.79. The van der Waals surface area contributed by atoms with Crippen LogP contribution in [0.5, 0.6) is 28.7 Å². The number of hydrogen-bond acceptors (Lipinski definition) is 10. The molecule has 0 saturated carbocycles. The van der Waals surface area contributed by atoms with Crippen LogP contribution in [0.15, 0.2) is 35.7 Å². The maximum Gasteiger partial charge on any atom is 0.311 e. The van der Waals surface area contributed by atoms with Crippen molar-refractivity contribution in [3.8, 4) is 28.7 Å². The summed E-state index contributed by atoms with van der Waals surface area (Å²) in [6.07, 6.45) is 0.926. The molecule has 12 heteroatoms. The number of esters is 2. The molecule has 35 heavy (non-hydrogen) atoms. The van der Waals surface area contributed by atoms with Gasteiger partial charge in [0.2, 0.25) is 0 Å². The topological polar surface area (TPSA) is 136 Å². The second-order valence-electron chi connectivity index (χ2n) is 6.78. The molecule has 0 spiro atoms. The molecule has 0 radical (unpaired) electrons. The molecule has 0 aromatic heterocycles. The molecule has 2 aromatic carbocycles. The second-order valence-corrected chi connectivity index (χ2v) is 8.35. The van der Waals surface area contributed by atoms with E-state index in [0.717, 1.165) is 5.41 Å². The van der Waals surface area contributed by atoms with Gasteiger partial charge in [0, 0.05) is 12.1 Å². The third kappa shape index (κ3) is 7.54. The normalized spacial score (nSPS) is 11.0. The van der Waals surface area contributed by atoms with Crippen molar-refractivity contribution in [1.82, 2.24) is 0 Å². The van der Waals surface area contributed by atoms with E-state index < -0.39 is 22.0 Å². The number of rotatable bonds is 12. The number of carbonyl (C=O) groups excluding carboxylic acids is 2. The zero-order valence-electron chi connectivity index (χ0n) is 19.9. The Morgan fingerprint density at radius 2 is 1.49 bits per heavy atom. The van der Waals surface area contributed by atoms with Crippen LogP contribution in [-0.4, -0.2) is 55.9 Å². The minimum absolute atomic E-state index is 0.0181. The Balaban J connectivity index is 2.28. The molecule has 0 unspecified atom stereocenters. The van der Waals surface area contributed by atoms with Crippen molar-refractivity contribution in [3.05, 3.63) is 41.3 Å². The van der Waals surface area contributed by atoms with Gasteiger partial charge in [0.1, 0.15) is 17.2 Å². The molecule has 0 heterocycles. The fourth-order valence-corrected chi connectivity index (χ4v) is 3.76. The summed E-state index contributed by atoms with van der Waals surface area (Å²) in [5.41, 5.74) is 0.408. The first-order valence-corrected chi connectivity index (χ1v) is 11.7. The van der Waals surface area contributed by atoms with Gasteiger partial charge in [0.15, 0.2) is 11.5 Å². The van der Waals surface area contributed by atoms with Crippen molar-refractivity contribution in [3.63, 3.8) is 0 Å². The molecule has 11 nitrogen and oxygen atoms in total. The largest absolute Gasteiger partial charge is 0.496 e. The van der Waals surface area contributed by atoms with E-state index in [0.29, 0.717) is 22.8 Å². The third-order valence-corrected chi connectivity index (χ3v) is 5.59. The summed E-state index contributed by atoms with van der Waals surface area (Å²) < 4.78 is 58.7. The molecule has 0 aliphatic heterocycles. The van der Waals surface area contributed by atoms with E-state index in [-0.39, 0.29) is 30.0 Å². The number of para-hydroxylation sites is 1. The Labute approximate surface area is 203 Å². The number of anilines is 1. The van der Waals surface area contributed by atoms with Crippen LogP contribution < -0.4 is 28.4 Å². The molecule has 0 aliphatic carbocycles. The van der Waals surface area contributed by atoms with Crippen LogP contribution in [0.4, 0.5) is 5.69 Å².